The van der Waals surface area contributed by atoms with Gasteiger partial charge in [0.05, 0.1) is 5.54 Å². The van der Waals surface area contributed by atoms with E-state index in [0.29, 0.717) is 0 Å². The van der Waals surface area contributed by atoms with Crippen molar-refractivity contribution in [1.82, 2.24) is 10.4 Å². The fourth-order valence-corrected chi connectivity index (χ4v) is 4.13. The number of benzene rings is 1. The monoisotopic (exact) mass is 374 g/mol. The standard InChI is InChI=1S/C21H30N2O4/c1-18(2,3)26-16(24)22-23(17(25)27-19(4,5)6)21-12-20(13-21,14-21)15-10-8-7-9-11-15/h7-11H,12-14H2,1-6H3,(H,22,24). The van der Waals surface area contributed by atoms with Crippen LogP contribution in [0.25, 0.3) is 0 Å². The van der Waals surface area contributed by atoms with E-state index in [9.17, 15) is 9.59 Å². The second-order valence-electron chi connectivity index (χ2n) is 9.83. The van der Waals surface area contributed by atoms with E-state index in [2.05, 4.69) is 17.6 Å². The average Bonchev–Trinajstić information content (AvgIpc) is 2.40. The Hall–Kier alpha value is -2.24. The molecule has 0 aliphatic heterocycles. The Morgan fingerprint density at radius 1 is 0.926 bits per heavy atom. The summed E-state index contributed by atoms with van der Waals surface area (Å²) in [5.74, 6) is 0. The quantitative estimate of drug-likeness (QED) is 0.772. The summed E-state index contributed by atoms with van der Waals surface area (Å²) < 4.78 is 10.9. The zero-order valence-electron chi connectivity index (χ0n) is 17.1. The molecule has 3 fully saturated rings. The molecule has 3 aliphatic carbocycles. The lowest BCUT2D eigenvalue weighted by atomic mass is 9.37. The maximum atomic E-state index is 12.8. The first kappa shape index (κ1) is 19.5. The van der Waals surface area contributed by atoms with Crippen molar-refractivity contribution in [1.29, 1.82) is 0 Å². The second kappa shape index (κ2) is 6.14. The number of hydrazine groups is 1. The molecule has 0 aromatic heterocycles. The minimum absolute atomic E-state index is 0.0944. The fourth-order valence-electron chi connectivity index (χ4n) is 4.13. The Morgan fingerprint density at radius 2 is 1.44 bits per heavy atom. The van der Waals surface area contributed by atoms with Crippen LogP contribution in [0.1, 0.15) is 66.4 Å². The van der Waals surface area contributed by atoms with E-state index < -0.39 is 28.9 Å². The van der Waals surface area contributed by atoms with Crippen molar-refractivity contribution in [2.75, 3.05) is 0 Å². The molecule has 0 unspecified atom stereocenters. The number of hydrogen-bond acceptors (Lipinski definition) is 4. The van der Waals surface area contributed by atoms with Crippen LogP contribution in [0.4, 0.5) is 9.59 Å². The van der Waals surface area contributed by atoms with Gasteiger partial charge in [-0.3, -0.25) is 0 Å². The van der Waals surface area contributed by atoms with Gasteiger partial charge in [-0.25, -0.2) is 20.0 Å². The predicted octanol–water partition coefficient (Wildman–Crippen LogP) is 4.54. The summed E-state index contributed by atoms with van der Waals surface area (Å²) in [6, 6.07) is 10.3. The van der Waals surface area contributed by atoms with Crippen LogP contribution in [-0.4, -0.2) is 33.9 Å². The fraction of sp³-hybridized carbons (Fsp3) is 0.619. The second-order valence-corrected chi connectivity index (χ2v) is 9.83. The third kappa shape index (κ3) is 3.89. The number of nitrogens with zero attached hydrogens (tertiary/aromatic N) is 1. The highest BCUT2D eigenvalue weighted by atomic mass is 16.6. The molecule has 4 rings (SSSR count). The van der Waals surface area contributed by atoms with Gasteiger partial charge in [0.25, 0.3) is 0 Å². The van der Waals surface area contributed by atoms with Crippen LogP contribution in [-0.2, 0) is 14.9 Å². The third-order valence-electron chi connectivity index (χ3n) is 5.04. The van der Waals surface area contributed by atoms with Crippen LogP contribution in [0.5, 0.6) is 0 Å². The molecule has 1 N–H and O–H groups in total. The summed E-state index contributed by atoms with van der Waals surface area (Å²) in [5.41, 5.74) is 2.32. The van der Waals surface area contributed by atoms with Crippen LogP contribution in [0.15, 0.2) is 30.3 Å². The summed E-state index contributed by atoms with van der Waals surface area (Å²) in [4.78, 5) is 25.1. The number of carbonyl (C=O) groups excluding carboxylic acids is 2. The van der Waals surface area contributed by atoms with Gasteiger partial charge >= 0.3 is 12.2 Å². The highest BCUT2D eigenvalue weighted by Gasteiger charge is 2.72. The Morgan fingerprint density at radius 3 is 1.93 bits per heavy atom. The molecule has 2 bridgehead atoms. The first-order valence-corrected chi connectivity index (χ1v) is 9.43. The van der Waals surface area contributed by atoms with Crippen molar-refractivity contribution in [3.8, 4) is 0 Å². The molecule has 3 saturated carbocycles. The molecule has 148 valence electrons. The number of ether oxygens (including phenoxy) is 2. The van der Waals surface area contributed by atoms with Gasteiger partial charge in [0.2, 0.25) is 0 Å². The van der Waals surface area contributed by atoms with E-state index in [1.807, 2.05) is 39.0 Å². The third-order valence-corrected chi connectivity index (χ3v) is 5.04. The number of hydrogen-bond donors (Lipinski definition) is 1. The van der Waals surface area contributed by atoms with Crippen molar-refractivity contribution < 1.29 is 19.1 Å². The summed E-state index contributed by atoms with van der Waals surface area (Å²) >= 11 is 0. The van der Waals surface area contributed by atoms with Crippen LogP contribution in [0.3, 0.4) is 0 Å². The van der Waals surface area contributed by atoms with E-state index >= 15 is 0 Å². The van der Waals surface area contributed by atoms with Crippen LogP contribution in [0.2, 0.25) is 0 Å². The molecule has 3 aliphatic rings. The van der Waals surface area contributed by atoms with E-state index in [1.165, 1.54) is 10.6 Å². The van der Waals surface area contributed by atoms with Gasteiger partial charge in [-0.2, -0.15) is 0 Å². The van der Waals surface area contributed by atoms with Crippen molar-refractivity contribution >= 4 is 12.2 Å². The zero-order chi connectivity index (χ0) is 20.1. The minimum atomic E-state index is -0.647. The Bertz CT molecular complexity index is 711. The highest BCUT2D eigenvalue weighted by molar-refractivity contribution is 5.76. The van der Waals surface area contributed by atoms with E-state index in [1.54, 1.807) is 20.8 Å². The number of rotatable bonds is 2. The highest BCUT2D eigenvalue weighted by Crippen LogP contribution is 2.70. The number of carbonyl (C=O) groups is 2. The van der Waals surface area contributed by atoms with E-state index in [0.717, 1.165) is 19.3 Å². The molecule has 2 amide bonds. The van der Waals surface area contributed by atoms with Gasteiger partial charge < -0.3 is 9.47 Å². The summed E-state index contributed by atoms with van der Waals surface area (Å²) in [6.07, 6.45) is 1.22. The lowest BCUT2D eigenvalue weighted by molar-refractivity contribution is -0.177. The van der Waals surface area contributed by atoms with Crippen molar-refractivity contribution in [2.24, 2.45) is 0 Å². The molecule has 1 aromatic rings. The molecule has 0 heterocycles. The molecule has 0 saturated heterocycles. The molecule has 1 aromatic carbocycles. The largest absolute Gasteiger partial charge is 0.443 e. The molecule has 6 heteroatoms. The lowest BCUT2D eigenvalue weighted by Crippen LogP contribution is -2.80. The number of amides is 2. The maximum absolute atomic E-state index is 12.8. The summed E-state index contributed by atoms with van der Waals surface area (Å²) in [6.45, 7) is 10.8. The van der Waals surface area contributed by atoms with E-state index in [-0.39, 0.29) is 5.41 Å². The Kier molecular flexibility index (Phi) is 4.44. The average molecular weight is 374 g/mol. The van der Waals surface area contributed by atoms with Gasteiger partial charge in [-0.1, -0.05) is 30.3 Å². The smallest absolute Gasteiger partial charge is 0.429 e. The Balaban J connectivity index is 1.74. The van der Waals surface area contributed by atoms with Crippen molar-refractivity contribution in [3.63, 3.8) is 0 Å². The molecule has 27 heavy (non-hydrogen) atoms. The van der Waals surface area contributed by atoms with Crippen molar-refractivity contribution in [2.45, 2.75) is 83.0 Å². The molecule has 6 nitrogen and oxygen atoms in total. The molecule has 0 spiro atoms. The number of nitrogens with one attached hydrogen (secondary N) is 1. The van der Waals surface area contributed by atoms with Crippen LogP contribution >= 0.6 is 0 Å². The molecule has 0 atom stereocenters. The lowest BCUT2D eigenvalue weighted by Gasteiger charge is -2.72. The van der Waals surface area contributed by atoms with Gasteiger partial charge in [0, 0.05) is 5.41 Å². The van der Waals surface area contributed by atoms with Gasteiger partial charge in [0.1, 0.15) is 11.2 Å². The minimum Gasteiger partial charge on any atom is -0.443 e. The predicted molar refractivity (Wildman–Crippen MR) is 102 cm³/mol. The first-order valence-electron chi connectivity index (χ1n) is 9.43. The molecule has 0 radical (unpaired) electrons. The SMILES string of the molecule is CC(C)(C)OC(=O)NN(C(=O)OC(C)(C)C)C12CC(c3ccccc3)(C1)C2. The Labute approximate surface area is 161 Å². The first-order chi connectivity index (χ1) is 12.3. The normalized spacial score (nSPS) is 26.3. The maximum Gasteiger partial charge on any atom is 0.429 e. The van der Waals surface area contributed by atoms with Crippen molar-refractivity contribution in [3.05, 3.63) is 35.9 Å². The van der Waals surface area contributed by atoms with Crippen LogP contribution < -0.4 is 5.43 Å². The van der Waals surface area contributed by atoms with Crippen LogP contribution in [0, 0.1) is 0 Å². The summed E-state index contributed by atoms with van der Waals surface area (Å²) in [5, 5.41) is 1.36. The van der Waals surface area contributed by atoms with E-state index in [4.69, 9.17) is 9.47 Å². The van der Waals surface area contributed by atoms with Gasteiger partial charge in [0.15, 0.2) is 0 Å². The topological polar surface area (TPSA) is 67.9 Å². The van der Waals surface area contributed by atoms with Gasteiger partial charge in [-0.05, 0) is 66.4 Å². The molecular weight excluding hydrogens is 344 g/mol. The summed E-state index contributed by atoms with van der Waals surface area (Å²) in [7, 11) is 0. The van der Waals surface area contributed by atoms with Gasteiger partial charge in [-0.15, -0.1) is 0 Å². The molecular formula is C21H30N2O4. The zero-order valence-corrected chi connectivity index (χ0v) is 17.1.